The van der Waals surface area contributed by atoms with Crippen LogP contribution in [0, 0.1) is 6.57 Å². The van der Waals surface area contributed by atoms with Gasteiger partial charge in [0.05, 0.1) is 40.8 Å². The number of fused-ring (bicyclic) bond motifs is 1. The second-order valence-electron chi connectivity index (χ2n) is 6.17. The summed E-state index contributed by atoms with van der Waals surface area (Å²) in [5.41, 5.74) is 3.78. The van der Waals surface area contributed by atoms with E-state index >= 15 is 0 Å². The number of carboxylic acids is 1. The Hall–Kier alpha value is -4.31. The molecule has 0 unspecified atom stereocenters. The molecule has 0 radical (unpaired) electrons. The Labute approximate surface area is 166 Å². The fourth-order valence-corrected chi connectivity index (χ4v) is 2.82. The molecule has 0 aliphatic rings. The molecule has 0 spiro atoms. The van der Waals surface area contributed by atoms with Crippen molar-refractivity contribution in [3.63, 3.8) is 0 Å². The Morgan fingerprint density at radius 1 is 1.07 bits per heavy atom. The van der Waals surface area contributed by atoms with Crippen molar-refractivity contribution in [1.82, 2.24) is 15.0 Å². The Morgan fingerprint density at radius 3 is 2.69 bits per heavy atom. The van der Waals surface area contributed by atoms with Crippen molar-refractivity contribution >= 4 is 22.7 Å². The summed E-state index contributed by atoms with van der Waals surface area (Å²) in [5.74, 6) is -0.622. The van der Waals surface area contributed by atoms with Crippen molar-refractivity contribution < 1.29 is 14.6 Å². The molecule has 0 aliphatic heterocycles. The molecule has 0 saturated heterocycles. The standard InChI is InChI=1S/C22H14N4O3/c1-23-20-10-14(19-11-15(22(27)28)8-9-24-19)6-7-21(20)29-13-16-12-25-17-4-2-3-5-18(17)26-16/h2-12H,13H2,(H,27,28). The molecule has 140 valence electrons. The Morgan fingerprint density at radius 2 is 1.90 bits per heavy atom. The largest absolute Gasteiger partial charge is 0.498 e. The van der Waals surface area contributed by atoms with Gasteiger partial charge in [0.2, 0.25) is 5.69 Å². The molecule has 0 fully saturated rings. The number of nitrogens with zero attached hydrogens (tertiary/aromatic N) is 4. The summed E-state index contributed by atoms with van der Waals surface area (Å²) >= 11 is 0. The van der Waals surface area contributed by atoms with Gasteiger partial charge in [-0.3, -0.25) is 9.97 Å². The zero-order valence-electron chi connectivity index (χ0n) is 15.1. The highest BCUT2D eigenvalue weighted by molar-refractivity contribution is 5.89. The highest BCUT2D eigenvalue weighted by Crippen LogP contribution is 2.33. The van der Waals surface area contributed by atoms with Crippen LogP contribution in [0.5, 0.6) is 5.75 Å². The SMILES string of the molecule is [C-]#[N+]c1cc(-c2cc(C(=O)O)ccn2)ccc1OCc1cnc2ccccc2n1. The number of carboxylic acid groups (broad SMARTS) is 1. The molecule has 2 heterocycles. The second kappa shape index (κ2) is 7.74. The first-order valence-electron chi connectivity index (χ1n) is 8.69. The van der Waals surface area contributed by atoms with Crippen LogP contribution in [0.25, 0.3) is 27.1 Å². The molecular weight excluding hydrogens is 368 g/mol. The van der Waals surface area contributed by atoms with Crippen LogP contribution in [0.15, 0.2) is 67.0 Å². The maximum absolute atomic E-state index is 11.2. The number of benzene rings is 2. The maximum atomic E-state index is 11.2. The zero-order valence-corrected chi connectivity index (χ0v) is 15.1. The fraction of sp³-hybridized carbons (Fsp3) is 0.0455. The van der Waals surface area contributed by atoms with E-state index in [-0.39, 0.29) is 12.2 Å². The van der Waals surface area contributed by atoms with Crippen LogP contribution in [-0.2, 0) is 6.61 Å². The summed E-state index contributed by atoms with van der Waals surface area (Å²) in [6.07, 6.45) is 3.08. The summed E-state index contributed by atoms with van der Waals surface area (Å²) < 4.78 is 5.79. The summed E-state index contributed by atoms with van der Waals surface area (Å²) in [7, 11) is 0. The smallest absolute Gasteiger partial charge is 0.335 e. The predicted octanol–water partition coefficient (Wildman–Crippen LogP) is 4.52. The lowest BCUT2D eigenvalue weighted by atomic mass is 10.1. The van der Waals surface area contributed by atoms with Gasteiger partial charge >= 0.3 is 5.97 Å². The van der Waals surface area contributed by atoms with Gasteiger partial charge < -0.3 is 9.84 Å². The van der Waals surface area contributed by atoms with E-state index in [1.165, 1.54) is 18.3 Å². The highest BCUT2D eigenvalue weighted by atomic mass is 16.5. The minimum Gasteiger partial charge on any atom is -0.498 e. The second-order valence-corrected chi connectivity index (χ2v) is 6.17. The van der Waals surface area contributed by atoms with Crippen molar-refractivity contribution in [3.8, 4) is 17.0 Å². The minimum absolute atomic E-state index is 0.134. The van der Waals surface area contributed by atoms with E-state index in [9.17, 15) is 4.79 Å². The Kier molecular flexibility index (Phi) is 4.82. The number of aromatic nitrogens is 3. The van der Waals surface area contributed by atoms with Gasteiger partial charge in [-0.25, -0.2) is 14.6 Å². The number of para-hydroxylation sites is 2. The summed E-state index contributed by atoms with van der Waals surface area (Å²) in [6, 6.07) is 15.5. The van der Waals surface area contributed by atoms with Crippen molar-refractivity contribution in [2.45, 2.75) is 6.61 Å². The van der Waals surface area contributed by atoms with Gasteiger partial charge in [-0.05, 0) is 42.0 Å². The van der Waals surface area contributed by atoms with E-state index < -0.39 is 5.97 Å². The van der Waals surface area contributed by atoms with E-state index in [0.717, 1.165) is 11.0 Å². The van der Waals surface area contributed by atoms with Crippen LogP contribution < -0.4 is 4.74 Å². The van der Waals surface area contributed by atoms with Crippen LogP contribution >= 0.6 is 0 Å². The van der Waals surface area contributed by atoms with Crippen molar-refractivity contribution in [2.75, 3.05) is 0 Å². The summed E-state index contributed by atoms with van der Waals surface area (Å²) in [6.45, 7) is 7.62. The number of aromatic carboxylic acids is 1. The van der Waals surface area contributed by atoms with Crippen LogP contribution in [0.1, 0.15) is 16.1 Å². The minimum atomic E-state index is -1.03. The predicted molar refractivity (Wildman–Crippen MR) is 107 cm³/mol. The van der Waals surface area contributed by atoms with E-state index in [1.54, 1.807) is 24.4 Å². The first-order chi connectivity index (χ1) is 14.1. The monoisotopic (exact) mass is 382 g/mol. The molecule has 2 aromatic carbocycles. The lowest BCUT2D eigenvalue weighted by Gasteiger charge is -2.10. The molecule has 0 atom stereocenters. The lowest BCUT2D eigenvalue weighted by Crippen LogP contribution is -2.00. The van der Waals surface area contributed by atoms with E-state index in [0.29, 0.717) is 28.4 Å². The third kappa shape index (κ3) is 3.87. The topological polar surface area (TPSA) is 89.6 Å². The van der Waals surface area contributed by atoms with Gasteiger partial charge in [-0.1, -0.05) is 18.2 Å². The van der Waals surface area contributed by atoms with Gasteiger partial charge in [0.25, 0.3) is 0 Å². The van der Waals surface area contributed by atoms with Crippen molar-refractivity contribution in [2.24, 2.45) is 0 Å². The van der Waals surface area contributed by atoms with Gasteiger partial charge in [-0.15, -0.1) is 0 Å². The molecule has 2 aromatic heterocycles. The number of ether oxygens (including phenoxy) is 1. The van der Waals surface area contributed by atoms with Crippen LogP contribution in [0.2, 0.25) is 0 Å². The zero-order chi connectivity index (χ0) is 20.2. The molecule has 29 heavy (non-hydrogen) atoms. The molecule has 4 aromatic rings. The third-order valence-corrected chi connectivity index (χ3v) is 4.26. The number of pyridine rings is 1. The number of rotatable bonds is 5. The molecule has 1 N–H and O–H groups in total. The fourth-order valence-electron chi connectivity index (χ4n) is 2.82. The third-order valence-electron chi connectivity index (χ3n) is 4.26. The van der Waals surface area contributed by atoms with E-state index in [2.05, 4.69) is 19.8 Å². The highest BCUT2D eigenvalue weighted by Gasteiger charge is 2.11. The van der Waals surface area contributed by atoms with Gasteiger partial charge in [-0.2, -0.15) is 0 Å². The van der Waals surface area contributed by atoms with Crippen molar-refractivity contribution in [3.05, 3.63) is 89.7 Å². The number of hydrogen-bond acceptors (Lipinski definition) is 5. The van der Waals surface area contributed by atoms with Gasteiger partial charge in [0, 0.05) is 6.20 Å². The van der Waals surface area contributed by atoms with Gasteiger partial charge in [0.1, 0.15) is 12.4 Å². The summed E-state index contributed by atoms with van der Waals surface area (Å²) in [5, 5.41) is 9.14. The Bertz CT molecular complexity index is 1260. The molecule has 0 aliphatic carbocycles. The molecule has 7 nitrogen and oxygen atoms in total. The molecule has 4 rings (SSSR count). The van der Waals surface area contributed by atoms with Crippen LogP contribution in [-0.4, -0.2) is 26.0 Å². The average molecular weight is 382 g/mol. The molecule has 0 saturated carbocycles. The van der Waals surface area contributed by atoms with Gasteiger partial charge in [0.15, 0.2) is 0 Å². The van der Waals surface area contributed by atoms with E-state index in [1.807, 2.05) is 24.3 Å². The maximum Gasteiger partial charge on any atom is 0.335 e. The quantitative estimate of drug-likeness (QED) is 0.511. The number of carbonyl (C=O) groups is 1. The van der Waals surface area contributed by atoms with E-state index in [4.69, 9.17) is 16.4 Å². The lowest BCUT2D eigenvalue weighted by molar-refractivity contribution is 0.0697. The number of hydrogen-bond donors (Lipinski definition) is 1. The first-order valence-corrected chi connectivity index (χ1v) is 8.69. The van der Waals surface area contributed by atoms with Crippen LogP contribution in [0.3, 0.4) is 0 Å². The summed E-state index contributed by atoms with van der Waals surface area (Å²) in [4.78, 5) is 27.7. The average Bonchev–Trinajstić information content (AvgIpc) is 2.77. The molecule has 0 bridgehead atoms. The molecule has 0 amide bonds. The molecule has 7 heteroatoms. The normalized spacial score (nSPS) is 10.4. The van der Waals surface area contributed by atoms with Crippen molar-refractivity contribution in [1.29, 1.82) is 0 Å². The van der Waals surface area contributed by atoms with Crippen LogP contribution in [0.4, 0.5) is 5.69 Å². The Balaban J connectivity index is 1.57. The molecular formula is C22H14N4O3. The first kappa shape index (κ1) is 18.1.